The van der Waals surface area contributed by atoms with Crippen LogP contribution in [0.4, 0.5) is 0 Å². The number of ether oxygens (including phenoxy) is 1. The Labute approximate surface area is 111 Å². The summed E-state index contributed by atoms with van der Waals surface area (Å²) in [7, 11) is 3.81. The van der Waals surface area contributed by atoms with Gasteiger partial charge in [0, 0.05) is 6.04 Å². The molecule has 0 amide bonds. The van der Waals surface area contributed by atoms with Crippen molar-refractivity contribution >= 4 is 0 Å². The number of methoxy groups -OCH3 is 1. The van der Waals surface area contributed by atoms with Crippen molar-refractivity contribution in [3.8, 4) is 5.75 Å². The van der Waals surface area contributed by atoms with Gasteiger partial charge >= 0.3 is 0 Å². The zero-order chi connectivity index (χ0) is 13.0. The summed E-state index contributed by atoms with van der Waals surface area (Å²) in [6.45, 7) is 2.09. The van der Waals surface area contributed by atoms with Gasteiger partial charge in [0.15, 0.2) is 0 Å². The first-order valence-corrected chi connectivity index (χ1v) is 7.06. The lowest BCUT2D eigenvalue weighted by molar-refractivity contribution is 0.400. The van der Waals surface area contributed by atoms with Crippen molar-refractivity contribution in [1.82, 2.24) is 5.32 Å². The van der Waals surface area contributed by atoms with E-state index in [2.05, 4.69) is 37.5 Å². The van der Waals surface area contributed by atoms with Gasteiger partial charge in [0.2, 0.25) is 0 Å². The van der Waals surface area contributed by atoms with E-state index in [1.807, 2.05) is 0 Å². The van der Waals surface area contributed by atoms with E-state index in [-0.39, 0.29) is 0 Å². The largest absolute Gasteiger partial charge is 0.496 e. The van der Waals surface area contributed by atoms with Crippen LogP contribution in [0.25, 0.3) is 0 Å². The fourth-order valence-electron chi connectivity index (χ4n) is 3.05. The first-order chi connectivity index (χ1) is 8.74. The fourth-order valence-corrected chi connectivity index (χ4v) is 3.05. The summed E-state index contributed by atoms with van der Waals surface area (Å²) < 4.78 is 5.42. The molecule has 0 bridgehead atoms. The molecule has 1 aromatic rings. The van der Waals surface area contributed by atoms with Gasteiger partial charge in [0.25, 0.3) is 0 Å². The van der Waals surface area contributed by atoms with Crippen molar-refractivity contribution in [1.29, 1.82) is 0 Å². The van der Waals surface area contributed by atoms with Crippen molar-refractivity contribution in [3.63, 3.8) is 0 Å². The van der Waals surface area contributed by atoms with E-state index in [1.54, 1.807) is 7.11 Å². The molecule has 100 valence electrons. The lowest BCUT2D eigenvalue weighted by Crippen LogP contribution is -2.19. The van der Waals surface area contributed by atoms with Crippen molar-refractivity contribution in [2.24, 2.45) is 5.92 Å². The molecule has 0 aliphatic heterocycles. The number of nitrogens with one attached hydrogen (secondary N) is 1. The lowest BCUT2D eigenvalue weighted by atomic mass is 9.93. The molecule has 1 unspecified atom stereocenters. The molecule has 1 saturated carbocycles. The molecular formula is C16H25NO. The number of benzene rings is 1. The maximum atomic E-state index is 5.42. The molecule has 0 heterocycles. The van der Waals surface area contributed by atoms with Gasteiger partial charge in [-0.2, -0.15) is 0 Å². The van der Waals surface area contributed by atoms with E-state index in [9.17, 15) is 0 Å². The Morgan fingerprint density at radius 2 is 2.06 bits per heavy atom. The molecule has 1 N–H and O–H groups in total. The quantitative estimate of drug-likeness (QED) is 0.853. The molecule has 2 heteroatoms. The van der Waals surface area contributed by atoms with Crippen LogP contribution in [0.2, 0.25) is 0 Å². The van der Waals surface area contributed by atoms with Gasteiger partial charge in [-0.15, -0.1) is 0 Å². The van der Waals surface area contributed by atoms with E-state index in [4.69, 9.17) is 4.74 Å². The molecule has 2 rings (SSSR count). The van der Waals surface area contributed by atoms with Crippen LogP contribution in [0.15, 0.2) is 18.2 Å². The lowest BCUT2D eigenvalue weighted by Gasteiger charge is -2.21. The van der Waals surface area contributed by atoms with Crippen LogP contribution in [0.3, 0.4) is 0 Å². The molecule has 2 nitrogen and oxygen atoms in total. The molecule has 1 aliphatic carbocycles. The number of rotatable bonds is 5. The molecule has 0 aromatic heterocycles. The van der Waals surface area contributed by atoms with Gasteiger partial charge in [-0.05, 0) is 43.5 Å². The van der Waals surface area contributed by atoms with Crippen LogP contribution in [0.1, 0.15) is 49.3 Å². The fraction of sp³-hybridized carbons (Fsp3) is 0.625. The van der Waals surface area contributed by atoms with Gasteiger partial charge in [0.1, 0.15) is 5.75 Å². The zero-order valence-electron chi connectivity index (χ0n) is 11.8. The second-order valence-electron chi connectivity index (χ2n) is 5.46. The second kappa shape index (κ2) is 6.24. The summed E-state index contributed by atoms with van der Waals surface area (Å²) >= 11 is 0. The highest BCUT2D eigenvalue weighted by Crippen LogP contribution is 2.34. The number of hydrogen-bond acceptors (Lipinski definition) is 2. The minimum atomic E-state index is 0.461. The Morgan fingerprint density at radius 3 is 2.67 bits per heavy atom. The summed E-state index contributed by atoms with van der Waals surface area (Å²) in [5.74, 6) is 1.90. The molecule has 18 heavy (non-hydrogen) atoms. The second-order valence-corrected chi connectivity index (χ2v) is 5.46. The standard InChI is InChI=1S/C16H25NO/c1-12-8-9-14(11-16(12)18-3)15(17-2)10-13-6-4-5-7-13/h8-9,11,13,15,17H,4-7,10H2,1-3H3. The molecule has 1 aliphatic rings. The van der Waals surface area contributed by atoms with E-state index >= 15 is 0 Å². The van der Waals surface area contributed by atoms with E-state index < -0.39 is 0 Å². The summed E-state index contributed by atoms with van der Waals surface area (Å²) in [6.07, 6.45) is 6.89. The Bertz CT molecular complexity index is 383. The SMILES string of the molecule is CNC(CC1CCCC1)c1ccc(C)c(OC)c1. The van der Waals surface area contributed by atoms with Gasteiger partial charge in [-0.1, -0.05) is 37.8 Å². The van der Waals surface area contributed by atoms with E-state index in [0.29, 0.717) is 6.04 Å². The predicted molar refractivity (Wildman–Crippen MR) is 76.1 cm³/mol. The Balaban J connectivity index is 2.10. The maximum Gasteiger partial charge on any atom is 0.122 e. The van der Waals surface area contributed by atoms with Gasteiger partial charge in [0.05, 0.1) is 7.11 Å². The van der Waals surface area contributed by atoms with Crippen molar-refractivity contribution in [2.45, 2.75) is 45.1 Å². The van der Waals surface area contributed by atoms with Crippen LogP contribution >= 0.6 is 0 Å². The minimum Gasteiger partial charge on any atom is -0.496 e. The molecule has 1 atom stereocenters. The molecule has 0 saturated heterocycles. The Morgan fingerprint density at radius 1 is 1.33 bits per heavy atom. The van der Waals surface area contributed by atoms with Crippen molar-refractivity contribution < 1.29 is 4.74 Å². The summed E-state index contributed by atoms with van der Waals surface area (Å²) in [5.41, 5.74) is 2.56. The third-order valence-corrected chi connectivity index (χ3v) is 4.23. The molecule has 1 aromatic carbocycles. The maximum absolute atomic E-state index is 5.42. The van der Waals surface area contributed by atoms with E-state index in [1.165, 1.54) is 43.2 Å². The number of hydrogen-bond donors (Lipinski definition) is 1. The van der Waals surface area contributed by atoms with Gasteiger partial charge < -0.3 is 10.1 Å². The van der Waals surface area contributed by atoms with Crippen LogP contribution in [-0.2, 0) is 0 Å². The van der Waals surface area contributed by atoms with Crippen molar-refractivity contribution in [2.75, 3.05) is 14.2 Å². The highest BCUT2D eigenvalue weighted by atomic mass is 16.5. The van der Waals surface area contributed by atoms with Gasteiger partial charge in [-0.25, -0.2) is 0 Å². The first-order valence-electron chi connectivity index (χ1n) is 7.06. The van der Waals surface area contributed by atoms with Gasteiger partial charge in [-0.3, -0.25) is 0 Å². The van der Waals surface area contributed by atoms with Crippen LogP contribution in [-0.4, -0.2) is 14.2 Å². The highest BCUT2D eigenvalue weighted by molar-refractivity contribution is 5.37. The normalized spacial score (nSPS) is 17.9. The zero-order valence-corrected chi connectivity index (χ0v) is 11.8. The summed E-state index contributed by atoms with van der Waals surface area (Å²) in [6, 6.07) is 7.04. The first kappa shape index (κ1) is 13.4. The van der Waals surface area contributed by atoms with Crippen LogP contribution in [0.5, 0.6) is 5.75 Å². The van der Waals surface area contributed by atoms with Crippen LogP contribution < -0.4 is 10.1 Å². The third-order valence-electron chi connectivity index (χ3n) is 4.23. The van der Waals surface area contributed by atoms with Crippen molar-refractivity contribution in [3.05, 3.63) is 29.3 Å². The van der Waals surface area contributed by atoms with Crippen LogP contribution in [0, 0.1) is 12.8 Å². The van der Waals surface area contributed by atoms with E-state index in [0.717, 1.165) is 11.7 Å². The molecule has 0 spiro atoms. The summed E-state index contributed by atoms with van der Waals surface area (Å²) in [4.78, 5) is 0. The third kappa shape index (κ3) is 3.05. The monoisotopic (exact) mass is 247 g/mol. The predicted octanol–water partition coefficient (Wildman–Crippen LogP) is 3.84. The number of aryl methyl sites for hydroxylation is 1. The Kier molecular flexibility index (Phi) is 4.65. The highest BCUT2D eigenvalue weighted by Gasteiger charge is 2.20. The molecule has 0 radical (unpaired) electrons. The topological polar surface area (TPSA) is 21.3 Å². The molecule has 1 fully saturated rings. The smallest absolute Gasteiger partial charge is 0.122 e. The molecular weight excluding hydrogens is 222 g/mol. The average Bonchev–Trinajstić information content (AvgIpc) is 2.89. The summed E-state index contributed by atoms with van der Waals surface area (Å²) in [5, 5.41) is 3.46. The Hall–Kier alpha value is -1.02. The minimum absolute atomic E-state index is 0.461. The average molecular weight is 247 g/mol.